The van der Waals surface area contributed by atoms with E-state index >= 15 is 0 Å². The van der Waals surface area contributed by atoms with E-state index in [2.05, 4.69) is 62.6 Å². The lowest BCUT2D eigenvalue weighted by atomic mass is 9.72. The summed E-state index contributed by atoms with van der Waals surface area (Å²) >= 11 is 0. The number of hydrogen-bond donors (Lipinski definition) is 2. The summed E-state index contributed by atoms with van der Waals surface area (Å²) in [6.07, 6.45) is 2.06. The lowest BCUT2D eigenvalue weighted by molar-refractivity contribution is 0.0529. The number of hydrogen-bond acceptors (Lipinski definition) is 2. The molecule has 23 heavy (non-hydrogen) atoms. The van der Waals surface area contributed by atoms with Gasteiger partial charge in [-0.3, -0.25) is 4.99 Å². The number of benzene rings is 1. The van der Waals surface area contributed by atoms with Gasteiger partial charge < -0.3 is 15.4 Å². The molecule has 0 unspecified atom stereocenters. The number of ether oxygens (including phenoxy) is 1. The van der Waals surface area contributed by atoms with Crippen LogP contribution in [-0.2, 0) is 10.2 Å². The van der Waals surface area contributed by atoms with E-state index in [1.807, 2.05) is 0 Å². The van der Waals surface area contributed by atoms with Crippen LogP contribution in [0.25, 0.3) is 0 Å². The fraction of sp³-hybridized carbons (Fsp3) is 0.632. The van der Waals surface area contributed by atoms with E-state index in [-0.39, 0.29) is 5.41 Å². The molecular weight excluding hydrogens is 286 g/mol. The Bertz CT molecular complexity index is 519. The highest BCUT2D eigenvalue weighted by molar-refractivity contribution is 5.80. The van der Waals surface area contributed by atoms with Crippen LogP contribution in [0.4, 0.5) is 0 Å². The molecule has 0 aliphatic carbocycles. The first-order chi connectivity index (χ1) is 11.1. The van der Waals surface area contributed by atoms with Gasteiger partial charge in [0.2, 0.25) is 0 Å². The molecule has 0 aromatic heterocycles. The third kappa shape index (κ3) is 4.71. The number of aliphatic imine (C=N–C) groups is 1. The monoisotopic (exact) mass is 317 g/mol. The van der Waals surface area contributed by atoms with Gasteiger partial charge in [-0.1, -0.05) is 24.3 Å². The van der Waals surface area contributed by atoms with Crippen molar-refractivity contribution in [3.63, 3.8) is 0 Å². The molecule has 1 aliphatic heterocycles. The first-order valence-electron chi connectivity index (χ1n) is 8.76. The first kappa shape index (κ1) is 17.8. The van der Waals surface area contributed by atoms with Crippen molar-refractivity contribution >= 4 is 5.96 Å². The summed E-state index contributed by atoms with van der Waals surface area (Å²) in [7, 11) is 0. The number of nitrogens with one attached hydrogen (secondary N) is 2. The van der Waals surface area contributed by atoms with Crippen LogP contribution >= 0.6 is 0 Å². The summed E-state index contributed by atoms with van der Waals surface area (Å²) in [5.41, 5.74) is 2.86. The summed E-state index contributed by atoms with van der Waals surface area (Å²) in [5, 5.41) is 6.76. The predicted octanol–water partition coefficient (Wildman–Crippen LogP) is 3.01. The maximum Gasteiger partial charge on any atom is 0.191 e. The van der Waals surface area contributed by atoms with Gasteiger partial charge in [-0.2, -0.15) is 0 Å². The molecule has 0 atom stereocenters. The molecule has 4 nitrogen and oxygen atoms in total. The Morgan fingerprint density at radius 2 is 1.96 bits per heavy atom. The summed E-state index contributed by atoms with van der Waals surface area (Å²) in [6.45, 7) is 11.9. The molecule has 0 radical (unpaired) electrons. The Hall–Kier alpha value is -1.55. The van der Waals surface area contributed by atoms with E-state index in [0.717, 1.165) is 45.1 Å². The van der Waals surface area contributed by atoms with Crippen molar-refractivity contribution in [1.82, 2.24) is 10.6 Å². The second kappa shape index (κ2) is 8.34. The van der Waals surface area contributed by atoms with Crippen molar-refractivity contribution in [3.8, 4) is 0 Å². The molecule has 1 aromatic carbocycles. The van der Waals surface area contributed by atoms with Gasteiger partial charge in [-0.15, -0.1) is 0 Å². The predicted molar refractivity (Wildman–Crippen MR) is 97.2 cm³/mol. The van der Waals surface area contributed by atoms with Gasteiger partial charge in [0.15, 0.2) is 5.96 Å². The molecule has 4 heteroatoms. The summed E-state index contributed by atoms with van der Waals surface area (Å²) < 4.78 is 5.63. The molecule has 0 amide bonds. The molecular formula is C19H31N3O. The van der Waals surface area contributed by atoms with Crippen LogP contribution in [0.3, 0.4) is 0 Å². The quantitative estimate of drug-likeness (QED) is 0.648. The molecule has 0 bridgehead atoms. The molecule has 1 saturated heterocycles. The maximum atomic E-state index is 5.63. The van der Waals surface area contributed by atoms with Crippen molar-refractivity contribution < 1.29 is 4.74 Å². The fourth-order valence-corrected chi connectivity index (χ4v) is 3.27. The van der Waals surface area contributed by atoms with Crippen LogP contribution in [-0.4, -0.2) is 38.3 Å². The normalized spacial score (nSPS) is 18.0. The molecule has 1 aromatic rings. The number of guanidine groups is 1. The van der Waals surface area contributed by atoms with E-state index in [1.54, 1.807) is 0 Å². The maximum absolute atomic E-state index is 5.63. The lowest BCUT2D eigenvalue weighted by Crippen LogP contribution is -2.43. The fourth-order valence-electron chi connectivity index (χ4n) is 3.27. The number of rotatable bonds is 5. The second-order valence-electron chi connectivity index (χ2n) is 6.70. The molecule has 2 rings (SSSR count). The second-order valence-corrected chi connectivity index (χ2v) is 6.70. The highest BCUT2D eigenvalue weighted by Crippen LogP contribution is 2.36. The van der Waals surface area contributed by atoms with Crippen LogP contribution in [0.5, 0.6) is 0 Å². The minimum atomic E-state index is 0.0862. The Morgan fingerprint density at radius 3 is 2.57 bits per heavy atom. The standard InChI is InChI=1S/C19H31N3O/c1-5-20-18(22-15(2)3)21-14-19(10-12-23-13-11-19)17-9-7-6-8-16(17)4/h6-9,15H,5,10-14H2,1-4H3,(H2,20,21,22). The van der Waals surface area contributed by atoms with Crippen molar-refractivity contribution in [3.05, 3.63) is 35.4 Å². The SMILES string of the molecule is CCNC(=NCC1(c2ccccc2C)CCOCC1)NC(C)C. The molecule has 0 spiro atoms. The summed E-state index contributed by atoms with van der Waals surface area (Å²) in [5.74, 6) is 0.905. The van der Waals surface area contributed by atoms with E-state index in [4.69, 9.17) is 9.73 Å². The highest BCUT2D eigenvalue weighted by atomic mass is 16.5. The van der Waals surface area contributed by atoms with Crippen molar-refractivity contribution in [2.75, 3.05) is 26.3 Å². The Morgan fingerprint density at radius 1 is 1.26 bits per heavy atom. The Balaban J connectivity index is 2.26. The van der Waals surface area contributed by atoms with Crippen molar-refractivity contribution in [1.29, 1.82) is 0 Å². The average molecular weight is 317 g/mol. The summed E-state index contributed by atoms with van der Waals surface area (Å²) in [6, 6.07) is 9.09. The number of nitrogens with zero attached hydrogens (tertiary/aromatic N) is 1. The minimum Gasteiger partial charge on any atom is -0.381 e. The molecule has 1 fully saturated rings. The zero-order valence-corrected chi connectivity index (χ0v) is 15.0. The van der Waals surface area contributed by atoms with Gasteiger partial charge in [-0.05, 0) is 51.7 Å². The smallest absolute Gasteiger partial charge is 0.191 e. The topological polar surface area (TPSA) is 45.7 Å². The van der Waals surface area contributed by atoms with Crippen LogP contribution in [0.2, 0.25) is 0 Å². The van der Waals surface area contributed by atoms with Crippen LogP contribution < -0.4 is 10.6 Å². The van der Waals surface area contributed by atoms with E-state index in [1.165, 1.54) is 11.1 Å². The van der Waals surface area contributed by atoms with Crippen LogP contribution in [0.15, 0.2) is 29.3 Å². The van der Waals surface area contributed by atoms with E-state index in [9.17, 15) is 0 Å². The van der Waals surface area contributed by atoms with E-state index in [0.29, 0.717) is 6.04 Å². The molecule has 1 aliphatic rings. The zero-order valence-electron chi connectivity index (χ0n) is 15.0. The van der Waals surface area contributed by atoms with Gasteiger partial charge in [0.05, 0.1) is 6.54 Å². The Kier molecular flexibility index (Phi) is 6.46. The zero-order chi connectivity index (χ0) is 16.7. The first-order valence-corrected chi connectivity index (χ1v) is 8.76. The van der Waals surface area contributed by atoms with Crippen LogP contribution in [0, 0.1) is 6.92 Å². The molecule has 2 N–H and O–H groups in total. The molecule has 1 heterocycles. The lowest BCUT2D eigenvalue weighted by Gasteiger charge is -2.37. The van der Waals surface area contributed by atoms with Crippen LogP contribution in [0.1, 0.15) is 44.7 Å². The number of aryl methyl sites for hydroxylation is 1. The third-order valence-electron chi connectivity index (χ3n) is 4.48. The largest absolute Gasteiger partial charge is 0.381 e. The van der Waals surface area contributed by atoms with Gasteiger partial charge in [-0.25, -0.2) is 0 Å². The van der Waals surface area contributed by atoms with Crippen molar-refractivity contribution in [2.45, 2.75) is 52.0 Å². The average Bonchev–Trinajstić information content (AvgIpc) is 2.54. The third-order valence-corrected chi connectivity index (χ3v) is 4.48. The summed E-state index contributed by atoms with van der Waals surface area (Å²) in [4.78, 5) is 4.91. The van der Waals surface area contributed by atoms with Gasteiger partial charge >= 0.3 is 0 Å². The van der Waals surface area contributed by atoms with E-state index < -0.39 is 0 Å². The molecule has 128 valence electrons. The van der Waals surface area contributed by atoms with Gasteiger partial charge in [0.1, 0.15) is 0 Å². The van der Waals surface area contributed by atoms with Gasteiger partial charge in [0.25, 0.3) is 0 Å². The van der Waals surface area contributed by atoms with Gasteiger partial charge in [0, 0.05) is 31.2 Å². The Labute approximate surface area is 140 Å². The minimum absolute atomic E-state index is 0.0862. The molecule has 0 saturated carbocycles. The van der Waals surface area contributed by atoms with Crippen molar-refractivity contribution in [2.24, 2.45) is 4.99 Å². The highest BCUT2D eigenvalue weighted by Gasteiger charge is 2.35.